The number of carbonyl (C=O) groups is 2. The number of hydrogen-bond acceptors (Lipinski definition) is 5. The van der Waals surface area contributed by atoms with Crippen LogP contribution in [0.25, 0.3) is 0 Å². The van der Waals surface area contributed by atoms with Crippen molar-refractivity contribution >= 4 is 11.8 Å². The zero-order chi connectivity index (χ0) is 26.2. The molecular formula is C31H33N3O4. The number of nitrogens with zero attached hydrogens (tertiary/aromatic N) is 2. The van der Waals surface area contributed by atoms with Gasteiger partial charge in [0, 0.05) is 38.3 Å². The van der Waals surface area contributed by atoms with E-state index in [0.29, 0.717) is 35.7 Å². The fourth-order valence-corrected chi connectivity index (χ4v) is 6.32. The molecule has 3 aromatic rings. The number of amides is 2. The zero-order valence-corrected chi connectivity index (χ0v) is 21.9. The Morgan fingerprint density at radius 3 is 2.37 bits per heavy atom. The van der Waals surface area contributed by atoms with E-state index in [0.717, 1.165) is 38.0 Å². The number of rotatable bonds is 6. The maximum Gasteiger partial charge on any atom is 0.254 e. The fourth-order valence-electron chi connectivity index (χ4n) is 6.32. The summed E-state index contributed by atoms with van der Waals surface area (Å²) in [6.07, 6.45) is 1.80. The number of nitrogens with one attached hydrogen (secondary N) is 1. The molecule has 0 saturated heterocycles. The Morgan fingerprint density at radius 2 is 1.58 bits per heavy atom. The first-order chi connectivity index (χ1) is 18.6. The van der Waals surface area contributed by atoms with Gasteiger partial charge in [0.1, 0.15) is 0 Å². The standard InChI is InChI=1S/C31H33N3O4/c1-37-26-17-24-25(18-27(26)38-2)31(36)34-15-12-21-8-5-6-10-23(21)29(34)28(24)30(35)32-13-16-33-14-11-20-7-3-4-9-22(20)19-33/h3-10,17-18,28-29H,11-16,19H2,1-2H3,(H,32,35)/t28-,29-/m1/s1. The summed E-state index contributed by atoms with van der Waals surface area (Å²) in [6, 6.07) is 19.9. The van der Waals surface area contributed by atoms with Crippen LogP contribution in [0.4, 0.5) is 0 Å². The van der Waals surface area contributed by atoms with Crippen molar-refractivity contribution in [2.45, 2.75) is 31.3 Å². The molecule has 196 valence electrons. The van der Waals surface area contributed by atoms with Crippen LogP contribution in [0.2, 0.25) is 0 Å². The van der Waals surface area contributed by atoms with Crippen LogP contribution in [-0.4, -0.2) is 62.0 Å². The van der Waals surface area contributed by atoms with Gasteiger partial charge in [0.05, 0.1) is 26.2 Å². The average molecular weight is 512 g/mol. The minimum Gasteiger partial charge on any atom is -0.493 e. The summed E-state index contributed by atoms with van der Waals surface area (Å²) in [5.41, 5.74) is 6.20. The van der Waals surface area contributed by atoms with Crippen molar-refractivity contribution in [1.29, 1.82) is 0 Å². The third-order valence-corrected chi connectivity index (χ3v) is 8.25. The van der Waals surface area contributed by atoms with E-state index in [9.17, 15) is 9.59 Å². The largest absolute Gasteiger partial charge is 0.493 e. The summed E-state index contributed by atoms with van der Waals surface area (Å²) >= 11 is 0. The first-order valence-electron chi connectivity index (χ1n) is 13.3. The SMILES string of the molecule is COc1cc2c(cc1OC)[C@@H](C(=O)NCCN1CCc3ccccc3C1)[C@H]1c3ccccc3CCN1C2=O. The van der Waals surface area contributed by atoms with Gasteiger partial charge in [0.25, 0.3) is 5.91 Å². The van der Waals surface area contributed by atoms with Crippen LogP contribution in [0.5, 0.6) is 11.5 Å². The summed E-state index contributed by atoms with van der Waals surface area (Å²) < 4.78 is 11.1. The Kier molecular flexibility index (Phi) is 6.54. The Balaban J connectivity index is 1.29. The molecule has 3 aromatic carbocycles. The van der Waals surface area contributed by atoms with Crippen molar-refractivity contribution in [3.05, 3.63) is 94.0 Å². The molecule has 0 unspecified atom stereocenters. The van der Waals surface area contributed by atoms with Crippen LogP contribution in [0.15, 0.2) is 60.7 Å². The van der Waals surface area contributed by atoms with Gasteiger partial charge in [-0.25, -0.2) is 0 Å². The van der Waals surface area contributed by atoms with E-state index < -0.39 is 5.92 Å². The van der Waals surface area contributed by atoms with Gasteiger partial charge in [-0.15, -0.1) is 0 Å². The third-order valence-electron chi connectivity index (χ3n) is 8.25. The van der Waals surface area contributed by atoms with E-state index in [1.54, 1.807) is 20.3 Å². The number of methoxy groups -OCH3 is 2. The van der Waals surface area contributed by atoms with Gasteiger partial charge in [0.2, 0.25) is 5.91 Å². The molecule has 0 radical (unpaired) electrons. The van der Waals surface area contributed by atoms with Crippen molar-refractivity contribution < 1.29 is 19.1 Å². The van der Waals surface area contributed by atoms with Crippen molar-refractivity contribution in [2.75, 3.05) is 40.4 Å². The number of carbonyl (C=O) groups excluding carboxylic acids is 2. The highest BCUT2D eigenvalue weighted by atomic mass is 16.5. The number of hydrogen-bond donors (Lipinski definition) is 1. The Labute approximate surface area is 223 Å². The molecule has 3 aliphatic rings. The molecule has 0 aliphatic carbocycles. The lowest BCUT2D eigenvalue weighted by molar-refractivity contribution is -0.124. The smallest absolute Gasteiger partial charge is 0.254 e. The van der Waals surface area contributed by atoms with Gasteiger partial charge in [-0.3, -0.25) is 14.5 Å². The monoisotopic (exact) mass is 511 g/mol. The molecule has 6 rings (SSSR count). The molecule has 0 bridgehead atoms. The molecule has 0 saturated carbocycles. The molecule has 7 nitrogen and oxygen atoms in total. The van der Waals surface area contributed by atoms with E-state index in [-0.39, 0.29) is 17.9 Å². The first-order valence-corrected chi connectivity index (χ1v) is 13.3. The normalized spacial score (nSPS) is 20.1. The van der Waals surface area contributed by atoms with E-state index >= 15 is 0 Å². The van der Waals surface area contributed by atoms with Crippen molar-refractivity contribution in [1.82, 2.24) is 15.1 Å². The molecule has 38 heavy (non-hydrogen) atoms. The van der Waals surface area contributed by atoms with Crippen molar-refractivity contribution in [3.8, 4) is 11.5 Å². The van der Waals surface area contributed by atoms with E-state index in [1.165, 1.54) is 16.7 Å². The average Bonchev–Trinajstić information content (AvgIpc) is 2.96. The Morgan fingerprint density at radius 1 is 0.895 bits per heavy atom. The van der Waals surface area contributed by atoms with E-state index in [1.807, 2.05) is 23.1 Å². The quantitative estimate of drug-likeness (QED) is 0.546. The molecule has 3 heterocycles. The highest BCUT2D eigenvalue weighted by Crippen LogP contribution is 2.48. The van der Waals surface area contributed by atoms with Crippen LogP contribution >= 0.6 is 0 Å². The minimum absolute atomic E-state index is 0.0727. The Hall–Kier alpha value is -3.84. The molecule has 7 heteroatoms. The summed E-state index contributed by atoms with van der Waals surface area (Å²) in [5.74, 6) is 0.305. The molecule has 3 aliphatic heterocycles. The minimum atomic E-state index is -0.550. The molecule has 0 aromatic heterocycles. The maximum atomic E-state index is 14.0. The zero-order valence-electron chi connectivity index (χ0n) is 21.9. The van der Waals surface area contributed by atoms with Gasteiger partial charge in [0.15, 0.2) is 11.5 Å². The number of fused-ring (bicyclic) bond motifs is 5. The van der Waals surface area contributed by atoms with Gasteiger partial charge in [-0.2, -0.15) is 0 Å². The van der Waals surface area contributed by atoms with Crippen LogP contribution in [-0.2, 0) is 24.2 Å². The topological polar surface area (TPSA) is 71.1 Å². The van der Waals surface area contributed by atoms with Gasteiger partial charge < -0.3 is 19.7 Å². The van der Waals surface area contributed by atoms with Gasteiger partial charge in [-0.1, -0.05) is 48.5 Å². The van der Waals surface area contributed by atoms with Gasteiger partial charge in [-0.05, 0) is 52.8 Å². The Bertz CT molecular complexity index is 1390. The van der Waals surface area contributed by atoms with Crippen LogP contribution in [0, 0.1) is 0 Å². The lowest BCUT2D eigenvalue weighted by Gasteiger charge is -2.45. The predicted octanol–water partition coefficient (Wildman–Crippen LogP) is 3.72. The van der Waals surface area contributed by atoms with Gasteiger partial charge >= 0.3 is 0 Å². The summed E-state index contributed by atoms with van der Waals surface area (Å²) in [4.78, 5) is 31.9. The second-order valence-corrected chi connectivity index (χ2v) is 10.3. The second kappa shape index (κ2) is 10.1. The number of ether oxygens (including phenoxy) is 2. The predicted molar refractivity (Wildman–Crippen MR) is 145 cm³/mol. The second-order valence-electron chi connectivity index (χ2n) is 10.3. The van der Waals surface area contributed by atoms with Crippen LogP contribution in [0.3, 0.4) is 0 Å². The van der Waals surface area contributed by atoms with Crippen LogP contribution in [0.1, 0.15) is 50.1 Å². The maximum absolute atomic E-state index is 14.0. The molecular weight excluding hydrogens is 478 g/mol. The molecule has 0 spiro atoms. The highest BCUT2D eigenvalue weighted by molar-refractivity contribution is 6.02. The van der Waals surface area contributed by atoms with Crippen molar-refractivity contribution in [2.24, 2.45) is 0 Å². The summed E-state index contributed by atoms with van der Waals surface area (Å²) in [7, 11) is 3.13. The molecule has 1 N–H and O–H groups in total. The lowest BCUT2D eigenvalue weighted by atomic mass is 9.75. The highest BCUT2D eigenvalue weighted by Gasteiger charge is 2.46. The molecule has 0 fully saturated rings. The van der Waals surface area contributed by atoms with E-state index in [4.69, 9.17) is 9.47 Å². The van der Waals surface area contributed by atoms with E-state index in [2.05, 4.69) is 46.6 Å². The fraction of sp³-hybridized carbons (Fsp3) is 0.355. The first kappa shape index (κ1) is 24.5. The lowest BCUT2D eigenvalue weighted by Crippen LogP contribution is -2.50. The summed E-state index contributed by atoms with van der Waals surface area (Å²) in [5, 5.41) is 3.22. The van der Waals surface area contributed by atoms with Crippen LogP contribution < -0.4 is 14.8 Å². The summed E-state index contributed by atoms with van der Waals surface area (Å²) in [6.45, 7) is 3.77. The molecule has 2 amide bonds. The van der Waals surface area contributed by atoms with Crippen molar-refractivity contribution in [3.63, 3.8) is 0 Å². The number of benzene rings is 3. The molecule has 2 atom stereocenters. The third kappa shape index (κ3) is 4.21.